The van der Waals surface area contributed by atoms with E-state index in [9.17, 15) is 4.79 Å². The van der Waals surface area contributed by atoms with Crippen LogP contribution in [-0.4, -0.2) is 11.9 Å². The van der Waals surface area contributed by atoms with Crippen LogP contribution in [-0.2, 0) is 0 Å². The largest absolute Gasteiger partial charge is 0.336 e. The fraction of sp³-hybridized carbons (Fsp3) is 0.333. The predicted octanol–water partition coefficient (Wildman–Crippen LogP) is 1.70. The van der Waals surface area contributed by atoms with Crippen LogP contribution < -0.4 is 5.32 Å². The quantitative estimate of drug-likeness (QED) is 0.779. The van der Waals surface area contributed by atoms with Crippen molar-refractivity contribution in [3.8, 4) is 6.07 Å². The van der Waals surface area contributed by atoms with Gasteiger partial charge in [0.2, 0.25) is 0 Å². The molecule has 0 aliphatic carbocycles. The van der Waals surface area contributed by atoms with Gasteiger partial charge in [0, 0.05) is 4.88 Å². The van der Waals surface area contributed by atoms with Crippen LogP contribution in [0.1, 0.15) is 21.5 Å². The molecular formula is C9H10N2OS. The Balaban J connectivity index is 2.65. The third-order valence-electron chi connectivity index (χ3n) is 1.51. The molecule has 4 heteroatoms. The number of carbonyl (C=O) groups excluding carboxylic acids is 1. The number of amides is 1. The van der Waals surface area contributed by atoms with E-state index in [2.05, 4.69) is 5.32 Å². The molecule has 0 radical (unpaired) electrons. The zero-order chi connectivity index (χ0) is 9.84. The average molecular weight is 194 g/mol. The minimum absolute atomic E-state index is 0.174. The number of carbonyl (C=O) groups is 1. The molecule has 0 saturated carbocycles. The molecule has 68 valence electrons. The minimum atomic E-state index is -0.435. The Hall–Kier alpha value is -1.34. The lowest BCUT2D eigenvalue weighted by atomic mass is 10.3. The molecule has 0 spiro atoms. The Bertz CT molecular complexity index is 351. The molecule has 0 aliphatic heterocycles. The number of rotatable bonds is 2. The summed E-state index contributed by atoms with van der Waals surface area (Å²) in [6, 6.07) is 5.16. The monoisotopic (exact) mass is 194 g/mol. The lowest BCUT2D eigenvalue weighted by molar-refractivity contribution is 0.0952. The molecule has 0 saturated heterocycles. The predicted molar refractivity (Wildman–Crippen MR) is 51.6 cm³/mol. The van der Waals surface area contributed by atoms with E-state index in [4.69, 9.17) is 5.26 Å². The van der Waals surface area contributed by atoms with Crippen molar-refractivity contribution in [2.45, 2.75) is 19.9 Å². The number of aryl methyl sites for hydroxylation is 1. The van der Waals surface area contributed by atoms with E-state index in [0.29, 0.717) is 4.88 Å². The number of thiophene rings is 1. The summed E-state index contributed by atoms with van der Waals surface area (Å²) in [5.41, 5.74) is 0. The molecule has 13 heavy (non-hydrogen) atoms. The van der Waals surface area contributed by atoms with E-state index >= 15 is 0 Å². The third kappa shape index (κ3) is 2.56. The first kappa shape index (κ1) is 9.75. The zero-order valence-electron chi connectivity index (χ0n) is 7.50. The summed E-state index contributed by atoms with van der Waals surface area (Å²) >= 11 is 1.43. The van der Waals surface area contributed by atoms with Gasteiger partial charge >= 0.3 is 0 Å². The maximum atomic E-state index is 11.4. The lowest BCUT2D eigenvalue weighted by Crippen LogP contribution is -2.30. The van der Waals surface area contributed by atoms with Gasteiger partial charge in [-0.2, -0.15) is 5.26 Å². The van der Waals surface area contributed by atoms with Crippen molar-refractivity contribution >= 4 is 17.2 Å². The van der Waals surface area contributed by atoms with Gasteiger partial charge in [0.25, 0.3) is 5.91 Å². The Morgan fingerprint density at radius 1 is 1.69 bits per heavy atom. The van der Waals surface area contributed by atoms with E-state index in [1.165, 1.54) is 11.3 Å². The topological polar surface area (TPSA) is 52.9 Å². The van der Waals surface area contributed by atoms with E-state index in [0.717, 1.165) is 4.88 Å². The number of nitrogens with zero attached hydrogens (tertiary/aromatic N) is 1. The average Bonchev–Trinajstić information content (AvgIpc) is 2.51. The third-order valence-corrected chi connectivity index (χ3v) is 2.50. The molecule has 1 aromatic heterocycles. The molecule has 0 fully saturated rings. The molecule has 0 aromatic carbocycles. The Morgan fingerprint density at radius 2 is 2.38 bits per heavy atom. The number of nitrogens with one attached hydrogen (secondary N) is 1. The van der Waals surface area contributed by atoms with Crippen LogP contribution in [0.3, 0.4) is 0 Å². The van der Waals surface area contributed by atoms with E-state index in [-0.39, 0.29) is 5.91 Å². The number of hydrogen-bond donors (Lipinski definition) is 1. The van der Waals surface area contributed by atoms with Crippen LogP contribution in [0, 0.1) is 18.3 Å². The first-order chi connectivity index (χ1) is 6.13. The van der Waals surface area contributed by atoms with Crippen molar-refractivity contribution in [2.24, 2.45) is 0 Å². The summed E-state index contributed by atoms with van der Waals surface area (Å²) in [6.45, 7) is 3.59. The fourth-order valence-corrected chi connectivity index (χ4v) is 1.63. The maximum absolute atomic E-state index is 11.4. The summed E-state index contributed by atoms with van der Waals surface area (Å²) in [4.78, 5) is 13.1. The van der Waals surface area contributed by atoms with Crippen LogP contribution in [0.15, 0.2) is 12.1 Å². The second-order valence-corrected chi connectivity index (χ2v) is 4.02. The molecule has 1 heterocycles. The van der Waals surface area contributed by atoms with Crippen molar-refractivity contribution in [2.75, 3.05) is 0 Å². The van der Waals surface area contributed by atoms with Crippen LogP contribution in [0.5, 0.6) is 0 Å². The second kappa shape index (κ2) is 4.06. The molecule has 0 bridgehead atoms. The van der Waals surface area contributed by atoms with E-state index < -0.39 is 6.04 Å². The summed E-state index contributed by atoms with van der Waals surface area (Å²) < 4.78 is 0. The van der Waals surface area contributed by atoms with E-state index in [1.54, 1.807) is 13.0 Å². The van der Waals surface area contributed by atoms with Crippen LogP contribution in [0.2, 0.25) is 0 Å². The second-order valence-electron chi connectivity index (χ2n) is 2.73. The van der Waals surface area contributed by atoms with Gasteiger partial charge in [0.05, 0.1) is 10.9 Å². The highest BCUT2D eigenvalue weighted by molar-refractivity contribution is 7.13. The summed E-state index contributed by atoms with van der Waals surface area (Å²) in [5.74, 6) is -0.174. The Morgan fingerprint density at radius 3 is 2.85 bits per heavy atom. The van der Waals surface area contributed by atoms with Crippen LogP contribution in [0.4, 0.5) is 0 Å². The first-order valence-electron chi connectivity index (χ1n) is 3.90. The normalized spacial score (nSPS) is 11.8. The number of hydrogen-bond acceptors (Lipinski definition) is 3. The van der Waals surface area contributed by atoms with Gasteiger partial charge in [-0.15, -0.1) is 11.3 Å². The molecule has 1 rings (SSSR count). The molecule has 1 aromatic rings. The summed E-state index contributed by atoms with van der Waals surface area (Å²) in [6.07, 6.45) is 0. The fourth-order valence-electron chi connectivity index (χ4n) is 0.857. The van der Waals surface area contributed by atoms with Gasteiger partial charge in [-0.05, 0) is 26.0 Å². The highest BCUT2D eigenvalue weighted by Gasteiger charge is 2.09. The molecule has 1 amide bonds. The van der Waals surface area contributed by atoms with Crippen molar-refractivity contribution in [3.63, 3.8) is 0 Å². The smallest absolute Gasteiger partial charge is 0.262 e. The summed E-state index contributed by atoms with van der Waals surface area (Å²) in [7, 11) is 0. The highest BCUT2D eigenvalue weighted by atomic mass is 32.1. The highest BCUT2D eigenvalue weighted by Crippen LogP contribution is 2.14. The Kier molecular flexibility index (Phi) is 3.04. The summed E-state index contributed by atoms with van der Waals surface area (Å²) in [5, 5.41) is 11.0. The van der Waals surface area contributed by atoms with Gasteiger partial charge in [0.15, 0.2) is 0 Å². The van der Waals surface area contributed by atoms with Gasteiger partial charge in [-0.25, -0.2) is 0 Å². The van der Waals surface area contributed by atoms with Gasteiger partial charge < -0.3 is 5.32 Å². The van der Waals surface area contributed by atoms with Gasteiger partial charge in [-0.1, -0.05) is 0 Å². The molecule has 1 atom stereocenters. The first-order valence-corrected chi connectivity index (χ1v) is 4.72. The minimum Gasteiger partial charge on any atom is -0.336 e. The standard InChI is InChI=1S/C9H10N2OS/c1-6(5-10)11-9(12)8-4-3-7(2)13-8/h3-4,6H,1-2H3,(H,11,12)/t6-/m1/s1. The van der Waals surface area contributed by atoms with Crippen molar-refractivity contribution in [1.82, 2.24) is 5.32 Å². The molecule has 0 aliphatic rings. The molecule has 1 N–H and O–H groups in total. The molecule has 0 unspecified atom stereocenters. The maximum Gasteiger partial charge on any atom is 0.262 e. The SMILES string of the molecule is Cc1ccc(C(=O)N[C@H](C)C#N)s1. The Labute approximate surface area is 81.0 Å². The lowest BCUT2D eigenvalue weighted by Gasteiger charge is -2.03. The van der Waals surface area contributed by atoms with Crippen molar-refractivity contribution in [1.29, 1.82) is 5.26 Å². The van der Waals surface area contributed by atoms with Crippen molar-refractivity contribution in [3.05, 3.63) is 21.9 Å². The molecule has 3 nitrogen and oxygen atoms in total. The van der Waals surface area contributed by atoms with Crippen molar-refractivity contribution < 1.29 is 4.79 Å². The van der Waals surface area contributed by atoms with Crippen LogP contribution in [0.25, 0.3) is 0 Å². The number of nitriles is 1. The van der Waals surface area contributed by atoms with Crippen LogP contribution >= 0.6 is 11.3 Å². The van der Waals surface area contributed by atoms with Gasteiger partial charge in [0.1, 0.15) is 6.04 Å². The van der Waals surface area contributed by atoms with Gasteiger partial charge in [-0.3, -0.25) is 4.79 Å². The zero-order valence-corrected chi connectivity index (χ0v) is 8.31. The molecular weight excluding hydrogens is 184 g/mol. The van der Waals surface area contributed by atoms with E-state index in [1.807, 2.05) is 19.1 Å².